The molecule has 1 aliphatic rings. The van der Waals surface area contributed by atoms with Crippen LogP contribution in [0.25, 0.3) is 0 Å². The van der Waals surface area contributed by atoms with E-state index in [1.54, 1.807) is 11.4 Å². The number of rotatable bonds is 5. The Morgan fingerprint density at radius 3 is 2.53 bits per heavy atom. The van der Waals surface area contributed by atoms with E-state index in [0.29, 0.717) is 25.6 Å². The molecule has 1 saturated heterocycles. The topological polar surface area (TPSA) is 52.7 Å². The van der Waals surface area contributed by atoms with Gasteiger partial charge in [-0.2, -0.15) is 17.0 Å². The highest BCUT2D eigenvalue weighted by molar-refractivity contribution is 7.86. The van der Waals surface area contributed by atoms with Gasteiger partial charge in [-0.15, -0.1) is 0 Å². The van der Waals surface area contributed by atoms with Gasteiger partial charge in [0.1, 0.15) is 0 Å². The van der Waals surface area contributed by atoms with Crippen LogP contribution in [0.15, 0.2) is 0 Å². The molecular weight excluding hydrogens is 262 g/mol. The minimum Gasteiger partial charge on any atom is -0.319 e. The third-order valence-corrected chi connectivity index (χ3v) is 5.29. The second kappa shape index (κ2) is 6.52. The minimum absolute atomic E-state index is 0.0258. The first-order valence-electron chi connectivity index (χ1n) is 7.03. The Kier molecular flexibility index (Phi) is 5.79. The van der Waals surface area contributed by atoms with Crippen LogP contribution < -0.4 is 5.32 Å². The van der Waals surface area contributed by atoms with Crippen molar-refractivity contribution in [2.75, 3.05) is 40.3 Å². The summed E-state index contributed by atoms with van der Waals surface area (Å²) in [5, 5.41) is 3.14. The standard InChI is InChI=1S/C13H29N3O2S/c1-13(2,3)11-15(5)19(17,18)16-8-6-7-12(10-16)9-14-4/h12,14H,6-11H2,1-5H3. The van der Waals surface area contributed by atoms with Gasteiger partial charge in [0.05, 0.1) is 0 Å². The molecular formula is C13H29N3O2S. The molecule has 1 aliphatic heterocycles. The molecule has 0 aliphatic carbocycles. The second-order valence-electron chi connectivity index (χ2n) is 6.75. The van der Waals surface area contributed by atoms with E-state index in [9.17, 15) is 8.42 Å². The van der Waals surface area contributed by atoms with Crippen molar-refractivity contribution in [2.45, 2.75) is 33.6 Å². The fourth-order valence-electron chi connectivity index (χ4n) is 2.64. The summed E-state index contributed by atoms with van der Waals surface area (Å²) in [6, 6.07) is 0. The van der Waals surface area contributed by atoms with Crippen molar-refractivity contribution in [3.05, 3.63) is 0 Å². The molecule has 1 unspecified atom stereocenters. The van der Waals surface area contributed by atoms with Gasteiger partial charge in [-0.3, -0.25) is 0 Å². The Morgan fingerprint density at radius 1 is 1.37 bits per heavy atom. The second-order valence-corrected chi connectivity index (χ2v) is 8.78. The third kappa shape index (κ3) is 5.02. The third-order valence-electron chi connectivity index (χ3n) is 3.39. The van der Waals surface area contributed by atoms with Crippen LogP contribution in [0, 0.1) is 11.3 Å². The Balaban J connectivity index is 2.71. The van der Waals surface area contributed by atoms with Gasteiger partial charge in [0, 0.05) is 26.7 Å². The van der Waals surface area contributed by atoms with E-state index in [1.807, 2.05) is 7.05 Å². The van der Waals surface area contributed by atoms with Gasteiger partial charge in [0.2, 0.25) is 0 Å². The van der Waals surface area contributed by atoms with E-state index in [4.69, 9.17) is 0 Å². The molecule has 1 rings (SSSR count). The molecule has 1 fully saturated rings. The van der Waals surface area contributed by atoms with Crippen molar-refractivity contribution in [2.24, 2.45) is 11.3 Å². The maximum absolute atomic E-state index is 12.5. The largest absolute Gasteiger partial charge is 0.319 e. The first-order chi connectivity index (χ1) is 8.66. The molecule has 0 aromatic rings. The van der Waals surface area contributed by atoms with E-state index >= 15 is 0 Å². The molecule has 0 aromatic heterocycles. The lowest BCUT2D eigenvalue weighted by atomic mass is 9.97. The lowest BCUT2D eigenvalue weighted by molar-refractivity contribution is 0.235. The first-order valence-corrected chi connectivity index (χ1v) is 8.42. The summed E-state index contributed by atoms with van der Waals surface area (Å²) in [6.07, 6.45) is 2.06. The Hall–Kier alpha value is -0.170. The molecule has 6 heteroatoms. The summed E-state index contributed by atoms with van der Waals surface area (Å²) in [7, 11) is 0.291. The molecule has 0 saturated carbocycles. The zero-order valence-electron chi connectivity index (χ0n) is 12.9. The summed E-state index contributed by atoms with van der Waals surface area (Å²) >= 11 is 0. The normalized spacial score (nSPS) is 22.9. The quantitative estimate of drug-likeness (QED) is 0.826. The van der Waals surface area contributed by atoms with Gasteiger partial charge < -0.3 is 5.32 Å². The highest BCUT2D eigenvalue weighted by atomic mass is 32.2. The first kappa shape index (κ1) is 16.9. The van der Waals surface area contributed by atoms with Crippen molar-refractivity contribution < 1.29 is 8.42 Å². The molecule has 114 valence electrons. The summed E-state index contributed by atoms with van der Waals surface area (Å²) in [4.78, 5) is 0. The monoisotopic (exact) mass is 291 g/mol. The van der Waals surface area contributed by atoms with Gasteiger partial charge in [0.15, 0.2) is 0 Å². The summed E-state index contributed by atoms with van der Waals surface area (Å²) in [5.74, 6) is 0.427. The minimum atomic E-state index is -3.31. The summed E-state index contributed by atoms with van der Waals surface area (Å²) < 4.78 is 28.2. The molecule has 0 bridgehead atoms. The Morgan fingerprint density at radius 2 is 2.00 bits per heavy atom. The van der Waals surface area contributed by atoms with Crippen molar-refractivity contribution >= 4 is 10.2 Å². The molecule has 1 N–H and O–H groups in total. The van der Waals surface area contributed by atoms with E-state index in [2.05, 4.69) is 26.1 Å². The number of hydrogen-bond donors (Lipinski definition) is 1. The van der Waals surface area contributed by atoms with Gasteiger partial charge in [-0.25, -0.2) is 0 Å². The maximum Gasteiger partial charge on any atom is 0.281 e. The molecule has 0 spiro atoms. The molecule has 1 atom stereocenters. The van der Waals surface area contributed by atoms with Crippen molar-refractivity contribution in [3.8, 4) is 0 Å². The lowest BCUT2D eigenvalue weighted by Crippen LogP contribution is -2.49. The van der Waals surface area contributed by atoms with Crippen LogP contribution >= 0.6 is 0 Å². The van der Waals surface area contributed by atoms with E-state index in [1.165, 1.54) is 4.31 Å². The van der Waals surface area contributed by atoms with E-state index in [-0.39, 0.29) is 5.41 Å². The molecule has 0 amide bonds. The van der Waals surface area contributed by atoms with Crippen molar-refractivity contribution in [1.29, 1.82) is 0 Å². The number of nitrogens with one attached hydrogen (secondary N) is 1. The highest BCUT2D eigenvalue weighted by Crippen LogP contribution is 2.22. The predicted octanol–water partition coefficient (Wildman–Crippen LogP) is 1.14. The average molecular weight is 291 g/mol. The lowest BCUT2D eigenvalue weighted by Gasteiger charge is -2.36. The van der Waals surface area contributed by atoms with Gasteiger partial charge >= 0.3 is 0 Å². The molecule has 5 nitrogen and oxygen atoms in total. The smallest absolute Gasteiger partial charge is 0.281 e. The number of hydrogen-bond acceptors (Lipinski definition) is 3. The number of nitrogens with zero attached hydrogens (tertiary/aromatic N) is 2. The molecule has 1 heterocycles. The van der Waals surface area contributed by atoms with Crippen LogP contribution in [-0.4, -0.2) is 57.3 Å². The molecule has 19 heavy (non-hydrogen) atoms. The Labute approximate surface area is 118 Å². The van der Waals surface area contributed by atoms with Crippen molar-refractivity contribution in [3.63, 3.8) is 0 Å². The van der Waals surface area contributed by atoms with E-state index < -0.39 is 10.2 Å². The maximum atomic E-state index is 12.5. The summed E-state index contributed by atoms with van der Waals surface area (Å²) in [6.45, 7) is 8.88. The SMILES string of the molecule is CNCC1CCCN(S(=O)(=O)N(C)CC(C)(C)C)C1. The number of piperidine rings is 1. The van der Waals surface area contributed by atoms with Crippen molar-refractivity contribution in [1.82, 2.24) is 13.9 Å². The van der Waals surface area contributed by atoms with Crippen LogP contribution in [0.1, 0.15) is 33.6 Å². The van der Waals surface area contributed by atoms with Crippen LogP contribution in [0.3, 0.4) is 0 Å². The average Bonchev–Trinajstić information content (AvgIpc) is 2.27. The highest BCUT2D eigenvalue weighted by Gasteiger charge is 2.33. The fraction of sp³-hybridized carbons (Fsp3) is 1.00. The predicted molar refractivity (Wildman–Crippen MR) is 79.2 cm³/mol. The van der Waals surface area contributed by atoms with Gasteiger partial charge in [0.25, 0.3) is 10.2 Å². The zero-order valence-corrected chi connectivity index (χ0v) is 13.8. The van der Waals surface area contributed by atoms with Crippen LogP contribution in [-0.2, 0) is 10.2 Å². The van der Waals surface area contributed by atoms with Crippen LogP contribution in [0.4, 0.5) is 0 Å². The van der Waals surface area contributed by atoms with Gasteiger partial charge in [-0.1, -0.05) is 20.8 Å². The van der Waals surface area contributed by atoms with E-state index in [0.717, 1.165) is 19.4 Å². The van der Waals surface area contributed by atoms with Crippen LogP contribution in [0.5, 0.6) is 0 Å². The zero-order chi connectivity index (χ0) is 14.7. The fourth-order valence-corrected chi connectivity index (χ4v) is 4.34. The van der Waals surface area contributed by atoms with Crippen LogP contribution in [0.2, 0.25) is 0 Å². The summed E-state index contributed by atoms with van der Waals surface area (Å²) in [5.41, 5.74) is -0.0258. The van der Waals surface area contributed by atoms with Gasteiger partial charge in [-0.05, 0) is 37.8 Å². The molecule has 0 radical (unpaired) electrons. The molecule has 0 aromatic carbocycles. The Bertz CT molecular complexity index is 374.